The number of rotatable bonds is 11. The fraction of sp³-hybridized carbons (Fsp3) is 0.720. The zero-order valence-corrected chi connectivity index (χ0v) is 22.8. The molecular weight excluding hydrogens is 472 g/mol. The van der Waals surface area contributed by atoms with Crippen LogP contribution < -0.4 is 27.0 Å². The Morgan fingerprint density at radius 3 is 2.35 bits per heavy atom. The molecule has 0 aliphatic heterocycles. The minimum absolute atomic E-state index is 0. The highest BCUT2D eigenvalue weighted by Crippen LogP contribution is 2.29. The highest BCUT2D eigenvalue weighted by Gasteiger charge is 2.35. The van der Waals surface area contributed by atoms with Gasteiger partial charge >= 0.3 is 0 Å². The lowest BCUT2D eigenvalue weighted by Gasteiger charge is -2.39. The van der Waals surface area contributed by atoms with E-state index in [-0.39, 0.29) is 34.3 Å². The van der Waals surface area contributed by atoms with Crippen molar-refractivity contribution in [1.29, 1.82) is 0 Å². The van der Waals surface area contributed by atoms with E-state index in [9.17, 15) is 4.79 Å². The maximum Gasteiger partial charge on any atom is 0.279 e. The summed E-state index contributed by atoms with van der Waals surface area (Å²) in [5.74, 6) is 3.95. The number of amides is 1. The number of methoxy groups -OCH3 is 1. The van der Waals surface area contributed by atoms with Crippen molar-refractivity contribution in [3.8, 4) is 5.75 Å². The first kappa shape index (κ1) is 28.3. The van der Waals surface area contributed by atoms with Crippen molar-refractivity contribution >= 4 is 17.7 Å². The number of quaternary nitrogens is 1. The molecular formula is C25H43BrN2O2S. The third-order valence-corrected chi connectivity index (χ3v) is 7.57. The molecule has 1 aliphatic rings. The third kappa shape index (κ3) is 10.2. The SMILES string of the molecule is COc1ccc(CNC(=O)[C@H](CSCC2CCCC2)[N+](C)(C)CCC(C)(C)C)cc1.[Br-]. The van der Waals surface area contributed by atoms with E-state index in [1.807, 2.05) is 36.0 Å². The number of likely N-dealkylation sites (N-methyl/N-ethyl adjacent to an activating group) is 1. The van der Waals surface area contributed by atoms with E-state index in [2.05, 4.69) is 40.2 Å². The topological polar surface area (TPSA) is 38.3 Å². The number of ether oxygens (including phenoxy) is 1. The number of carbonyl (C=O) groups excluding carboxylic acids is 1. The number of halogens is 1. The van der Waals surface area contributed by atoms with Crippen molar-refractivity contribution in [3.63, 3.8) is 0 Å². The Bertz CT molecular complexity index is 652. The maximum atomic E-state index is 13.3. The lowest BCUT2D eigenvalue weighted by Crippen LogP contribution is -3.00. The van der Waals surface area contributed by atoms with E-state index >= 15 is 0 Å². The first-order valence-electron chi connectivity index (χ1n) is 11.4. The number of thioether (sulfide) groups is 1. The fourth-order valence-corrected chi connectivity index (χ4v) is 5.53. The molecule has 1 aliphatic carbocycles. The number of carbonyl (C=O) groups is 1. The molecule has 0 unspecified atom stereocenters. The molecule has 2 rings (SSSR count). The summed E-state index contributed by atoms with van der Waals surface area (Å²) in [5.41, 5.74) is 1.37. The van der Waals surface area contributed by atoms with E-state index in [1.54, 1.807) is 7.11 Å². The molecule has 1 atom stereocenters. The Balaban J connectivity index is 0.00000480. The lowest BCUT2D eigenvalue weighted by molar-refractivity contribution is -0.904. The molecule has 0 spiro atoms. The van der Waals surface area contributed by atoms with Crippen LogP contribution in [0.3, 0.4) is 0 Å². The predicted molar refractivity (Wildman–Crippen MR) is 129 cm³/mol. The fourth-order valence-electron chi connectivity index (χ4n) is 3.95. The second-order valence-corrected chi connectivity index (χ2v) is 11.7. The average Bonchev–Trinajstić information content (AvgIpc) is 3.21. The van der Waals surface area contributed by atoms with Gasteiger partial charge in [0, 0.05) is 13.0 Å². The standard InChI is InChI=1S/C25H42N2O2S.BrH/c1-25(2,3)15-16-27(4,5)23(19-30-18-21-9-7-8-10-21)24(28)26-17-20-11-13-22(29-6)14-12-20;/h11-14,21,23H,7-10,15-19H2,1-6H3;1H/t23-;/m0./s1. The van der Waals surface area contributed by atoms with Crippen LogP contribution in [0.1, 0.15) is 58.4 Å². The van der Waals surface area contributed by atoms with Crippen molar-refractivity contribution in [3.05, 3.63) is 29.8 Å². The van der Waals surface area contributed by atoms with Crippen LogP contribution in [0.4, 0.5) is 0 Å². The summed E-state index contributed by atoms with van der Waals surface area (Å²) in [7, 11) is 6.11. The first-order chi connectivity index (χ1) is 14.1. The van der Waals surface area contributed by atoms with Crippen LogP contribution in [0.5, 0.6) is 5.75 Å². The average molecular weight is 516 g/mol. The zero-order valence-electron chi connectivity index (χ0n) is 20.4. The molecule has 1 aromatic rings. The molecule has 6 heteroatoms. The monoisotopic (exact) mass is 514 g/mol. The van der Waals surface area contributed by atoms with Gasteiger partial charge in [-0.1, -0.05) is 45.7 Å². The Hall–Kier alpha value is -0.720. The Morgan fingerprint density at radius 2 is 1.81 bits per heavy atom. The molecule has 1 N–H and O–H groups in total. The van der Waals surface area contributed by atoms with Gasteiger partial charge in [0.1, 0.15) is 5.75 Å². The highest BCUT2D eigenvalue weighted by atomic mass is 79.9. The quantitative estimate of drug-likeness (QED) is 0.459. The van der Waals surface area contributed by atoms with Crippen LogP contribution in [0.2, 0.25) is 0 Å². The molecule has 1 amide bonds. The molecule has 4 nitrogen and oxygen atoms in total. The molecule has 0 heterocycles. The number of hydrogen-bond acceptors (Lipinski definition) is 3. The van der Waals surface area contributed by atoms with Gasteiger partial charge in [-0.05, 0) is 47.6 Å². The number of benzene rings is 1. The molecule has 0 saturated heterocycles. The molecule has 1 fully saturated rings. The minimum atomic E-state index is -0.0306. The van der Waals surface area contributed by atoms with Gasteiger partial charge in [-0.2, -0.15) is 11.8 Å². The molecule has 1 saturated carbocycles. The van der Waals surface area contributed by atoms with Gasteiger partial charge in [-0.15, -0.1) is 0 Å². The third-order valence-electron chi connectivity index (χ3n) is 6.31. The van der Waals surface area contributed by atoms with Gasteiger partial charge in [0.2, 0.25) is 0 Å². The highest BCUT2D eigenvalue weighted by molar-refractivity contribution is 7.99. The number of hydrogen-bond donors (Lipinski definition) is 1. The van der Waals surface area contributed by atoms with Crippen LogP contribution in [0.25, 0.3) is 0 Å². The molecule has 0 radical (unpaired) electrons. The largest absolute Gasteiger partial charge is 1.00 e. The molecule has 1 aromatic carbocycles. The maximum absolute atomic E-state index is 13.3. The summed E-state index contributed by atoms with van der Waals surface area (Å²) >= 11 is 1.98. The summed E-state index contributed by atoms with van der Waals surface area (Å²) in [5, 5.41) is 3.21. The van der Waals surface area contributed by atoms with Crippen LogP contribution in [-0.2, 0) is 11.3 Å². The van der Waals surface area contributed by atoms with Crippen LogP contribution in [-0.4, -0.2) is 55.7 Å². The Labute approximate surface area is 205 Å². The summed E-state index contributed by atoms with van der Waals surface area (Å²) < 4.78 is 5.97. The minimum Gasteiger partial charge on any atom is -1.00 e. The van der Waals surface area contributed by atoms with Gasteiger partial charge in [-0.25, -0.2) is 0 Å². The second kappa shape index (κ2) is 13.1. The van der Waals surface area contributed by atoms with Crippen LogP contribution in [0.15, 0.2) is 24.3 Å². The van der Waals surface area contributed by atoms with Crippen LogP contribution >= 0.6 is 11.8 Å². The summed E-state index contributed by atoms with van der Waals surface area (Å²) in [4.78, 5) is 13.3. The second-order valence-electron chi connectivity index (χ2n) is 10.6. The Kier molecular flexibility index (Phi) is 12.0. The number of nitrogens with one attached hydrogen (secondary N) is 1. The van der Waals surface area contributed by atoms with Crippen molar-refractivity contribution in [2.24, 2.45) is 11.3 Å². The van der Waals surface area contributed by atoms with Crippen molar-refractivity contribution in [2.45, 2.75) is 65.5 Å². The van der Waals surface area contributed by atoms with Crippen molar-refractivity contribution < 1.29 is 31.0 Å². The predicted octanol–water partition coefficient (Wildman–Crippen LogP) is 2.12. The van der Waals surface area contributed by atoms with Crippen molar-refractivity contribution in [1.82, 2.24) is 5.32 Å². The molecule has 31 heavy (non-hydrogen) atoms. The number of nitrogens with zero attached hydrogens (tertiary/aromatic N) is 1. The van der Waals surface area contributed by atoms with Crippen molar-refractivity contribution in [2.75, 3.05) is 39.3 Å². The van der Waals surface area contributed by atoms with E-state index in [0.717, 1.165) is 40.4 Å². The van der Waals surface area contributed by atoms with E-state index < -0.39 is 0 Å². The van der Waals surface area contributed by atoms with E-state index in [0.29, 0.717) is 6.54 Å². The van der Waals surface area contributed by atoms with Crippen LogP contribution in [0, 0.1) is 11.3 Å². The van der Waals surface area contributed by atoms with Gasteiger partial charge in [0.25, 0.3) is 5.91 Å². The normalized spacial score (nSPS) is 15.9. The Morgan fingerprint density at radius 1 is 1.19 bits per heavy atom. The van der Waals surface area contributed by atoms with E-state index in [1.165, 1.54) is 31.4 Å². The smallest absolute Gasteiger partial charge is 0.279 e. The van der Waals surface area contributed by atoms with E-state index in [4.69, 9.17) is 4.74 Å². The summed E-state index contributed by atoms with van der Waals surface area (Å²) in [6.45, 7) is 8.40. The van der Waals surface area contributed by atoms with Gasteiger partial charge in [0.05, 0.1) is 33.5 Å². The van der Waals surface area contributed by atoms with Gasteiger partial charge in [-0.3, -0.25) is 4.79 Å². The summed E-state index contributed by atoms with van der Waals surface area (Å²) in [6.07, 6.45) is 6.59. The molecule has 0 aromatic heterocycles. The van der Waals surface area contributed by atoms with Gasteiger partial charge in [0.15, 0.2) is 6.04 Å². The molecule has 178 valence electrons. The van der Waals surface area contributed by atoms with Gasteiger partial charge < -0.3 is 31.5 Å². The first-order valence-corrected chi connectivity index (χ1v) is 12.6. The summed E-state index contributed by atoms with van der Waals surface area (Å²) in [6, 6.07) is 7.89. The molecule has 0 bridgehead atoms. The zero-order chi connectivity index (χ0) is 22.2. The lowest BCUT2D eigenvalue weighted by atomic mass is 9.91.